The highest BCUT2D eigenvalue weighted by Gasteiger charge is 2.26. The van der Waals surface area contributed by atoms with Crippen LogP contribution in [0.15, 0.2) is 28.7 Å². The monoisotopic (exact) mass is 404 g/mol. The zero-order valence-electron chi connectivity index (χ0n) is 16.2. The maximum Gasteiger partial charge on any atom is 0.524 e. The van der Waals surface area contributed by atoms with E-state index in [1.54, 1.807) is 45.2 Å². The molecule has 0 atom stereocenters. The van der Waals surface area contributed by atoms with Crippen LogP contribution in [0.2, 0.25) is 0 Å². The van der Waals surface area contributed by atoms with Crippen LogP contribution in [0.4, 0.5) is 0 Å². The lowest BCUT2D eigenvalue weighted by Gasteiger charge is -2.11. The number of hydrogen-bond donors (Lipinski definition) is 2. The van der Waals surface area contributed by atoms with E-state index in [0.717, 1.165) is 11.1 Å². The number of rotatable bonds is 5. The van der Waals surface area contributed by atoms with Crippen molar-refractivity contribution in [2.45, 2.75) is 27.7 Å². The Morgan fingerprint density at radius 3 is 2.36 bits per heavy atom. The summed E-state index contributed by atoms with van der Waals surface area (Å²) in [7, 11) is -3.25. The van der Waals surface area contributed by atoms with Crippen molar-refractivity contribution in [1.29, 1.82) is 0 Å². The molecule has 2 N–H and O–H groups in total. The number of fused-ring (bicyclic) bond motifs is 1. The summed E-state index contributed by atoms with van der Waals surface area (Å²) in [4.78, 5) is 31.6. The van der Waals surface area contributed by atoms with Gasteiger partial charge in [-0.3, -0.25) is 14.6 Å². The molecule has 0 aliphatic heterocycles. The molecule has 0 amide bonds. The first-order chi connectivity index (χ1) is 13.0. The standard InChI is InChI=1S/C20H21O7P/c1-10-6-7-15-17(13(4)26-20(15)19(10)27-28(22,23)24)18(21)14-8-11(2)12(3)16(9-14)25-5/h6-9H,1-5H3,(H2,22,23,24). The van der Waals surface area contributed by atoms with Gasteiger partial charge in [-0.1, -0.05) is 6.07 Å². The van der Waals surface area contributed by atoms with Crippen molar-refractivity contribution in [2.24, 2.45) is 0 Å². The molecule has 28 heavy (non-hydrogen) atoms. The summed E-state index contributed by atoms with van der Waals surface area (Å²) >= 11 is 0. The fourth-order valence-corrected chi connectivity index (χ4v) is 3.65. The molecule has 1 heterocycles. The quantitative estimate of drug-likeness (QED) is 0.480. The molecule has 3 aromatic rings. The predicted molar refractivity (Wildman–Crippen MR) is 104 cm³/mol. The number of hydrogen-bond acceptors (Lipinski definition) is 5. The van der Waals surface area contributed by atoms with Crippen LogP contribution in [0, 0.1) is 27.7 Å². The lowest BCUT2D eigenvalue weighted by molar-refractivity contribution is 0.103. The van der Waals surface area contributed by atoms with Crippen LogP contribution in [0.1, 0.15) is 38.4 Å². The Morgan fingerprint density at radius 1 is 1.07 bits per heavy atom. The molecule has 0 spiro atoms. The third kappa shape index (κ3) is 3.56. The second-order valence-corrected chi connectivity index (χ2v) is 7.82. The normalized spacial score (nSPS) is 11.7. The number of methoxy groups -OCH3 is 1. The van der Waals surface area contributed by atoms with E-state index in [4.69, 9.17) is 13.7 Å². The molecule has 8 heteroatoms. The Labute approximate surface area is 162 Å². The molecule has 2 aromatic carbocycles. The molecular weight excluding hydrogens is 383 g/mol. The molecule has 0 unspecified atom stereocenters. The van der Waals surface area contributed by atoms with Gasteiger partial charge in [0.1, 0.15) is 11.5 Å². The molecule has 3 rings (SSSR count). The Kier molecular flexibility index (Phi) is 5.10. The Bertz CT molecular complexity index is 1140. The number of aryl methyl sites for hydroxylation is 3. The first-order valence-corrected chi connectivity index (χ1v) is 10.0. The number of phosphoric ester groups is 1. The van der Waals surface area contributed by atoms with Crippen molar-refractivity contribution >= 4 is 24.6 Å². The van der Waals surface area contributed by atoms with Gasteiger partial charge in [0.2, 0.25) is 0 Å². The third-order valence-electron chi connectivity index (χ3n) is 4.72. The molecular formula is C20H21O7P. The van der Waals surface area contributed by atoms with Gasteiger partial charge in [-0.15, -0.1) is 0 Å². The molecule has 0 radical (unpaired) electrons. The minimum absolute atomic E-state index is 0.0781. The van der Waals surface area contributed by atoms with Crippen molar-refractivity contribution in [2.75, 3.05) is 7.11 Å². The van der Waals surface area contributed by atoms with E-state index in [9.17, 15) is 19.1 Å². The summed E-state index contributed by atoms with van der Waals surface area (Å²) in [6, 6.07) is 6.75. The van der Waals surface area contributed by atoms with Gasteiger partial charge in [-0.2, -0.15) is 0 Å². The zero-order valence-corrected chi connectivity index (χ0v) is 17.1. The average Bonchev–Trinajstić information content (AvgIpc) is 2.94. The maximum atomic E-state index is 13.2. The molecule has 0 bridgehead atoms. The van der Waals surface area contributed by atoms with Crippen LogP contribution in [0.25, 0.3) is 11.0 Å². The molecule has 0 saturated carbocycles. The predicted octanol–water partition coefficient (Wildman–Crippen LogP) is 4.38. The molecule has 0 aliphatic rings. The van der Waals surface area contributed by atoms with E-state index in [-0.39, 0.29) is 17.1 Å². The summed E-state index contributed by atoms with van der Waals surface area (Å²) in [5.41, 5.74) is 3.21. The molecule has 7 nitrogen and oxygen atoms in total. The Balaban J connectivity index is 2.21. The number of ether oxygens (including phenoxy) is 1. The third-order valence-corrected chi connectivity index (χ3v) is 5.15. The smallest absolute Gasteiger partial charge is 0.496 e. The summed E-state index contributed by atoms with van der Waals surface area (Å²) in [6.45, 7) is 7.07. The SMILES string of the molecule is COc1cc(C(=O)c2c(C)oc3c(OP(=O)(O)O)c(C)ccc23)cc(C)c1C. The number of ketones is 1. The van der Waals surface area contributed by atoms with Gasteiger partial charge in [0.25, 0.3) is 0 Å². The van der Waals surface area contributed by atoms with E-state index < -0.39 is 7.82 Å². The fourth-order valence-electron chi connectivity index (χ4n) is 3.18. The topological polar surface area (TPSA) is 106 Å². The molecule has 148 valence electrons. The summed E-state index contributed by atoms with van der Waals surface area (Å²) in [6.07, 6.45) is 0. The first-order valence-electron chi connectivity index (χ1n) is 8.51. The van der Waals surface area contributed by atoms with Crippen molar-refractivity contribution in [1.82, 2.24) is 0 Å². The number of carbonyl (C=O) groups is 1. The lowest BCUT2D eigenvalue weighted by Crippen LogP contribution is -2.04. The minimum atomic E-state index is -4.79. The van der Waals surface area contributed by atoms with Gasteiger partial charge < -0.3 is 13.7 Å². The highest BCUT2D eigenvalue weighted by atomic mass is 31.2. The molecule has 0 fully saturated rings. The largest absolute Gasteiger partial charge is 0.524 e. The summed E-state index contributed by atoms with van der Waals surface area (Å²) in [5, 5.41) is 0.425. The second kappa shape index (κ2) is 7.09. The van der Waals surface area contributed by atoms with E-state index in [2.05, 4.69) is 0 Å². The summed E-state index contributed by atoms with van der Waals surface area (Å²) < 4.78 is 27.2. The fraction of sp³-hybridized carbons (Fsp3) is 0.250. The van der Waals surface area contributed by atoms with Crippen molar-refractivity contribution in [3.05, 3.63) is 57.8 Å². The van der Waals surface area contributed by atoms with Crippen LogP contribution in [-0.4, -0.2) is 22.7 Å². The van der Waals surface area contributed by atoms with Gasteiger partial charge in [-0.25, -0.2) is 4.57 Å². The molecule has 0 saturated heterocycles. The minimum Gasteiger partial charge on any atom is -0.496 e. The van der Waals surface area contributed by atoms with Gasteiger partial charge in [0.15, 0.2) is 17.1 Å². The van der Waals surface area contributed by atoms with Crippen LogP contribution in [-0.2, 0) is 4.57 Å². The Hall–Kier alpha value is -2.60. The zero-order chi connectivity index (χ0) is 20.8. The van der Waals surface area contributed by atoms with Gasteiger partial charge in [0.05, 0.1) is 12.7 Å². The number of furan rings is 1. The van der Waals surface area contributed by atoms with Crippen LogP contribution in [0.3, 0.4) is 0 Å². The van der Waals surface area contributed by atoms with Crippen LogP contribution < -0.4 is 9.26 Å². The second-order valence-electron chi connectivity index (χ2n) is 6.65. The first kappa shape index (κ1) is 20.1. The number of benzene rings is 2. The van der Waals surface area contributed by atoms with Crippen molar-refractivity contribution in [3.8, 4) is 11.5 Å². The van der Waals surface area contributed by atoms with E-state index >= 15 is 0 Å². The van der Waals surface area contributed by atoms with Gasteiger partial charge in [0, 0.05) is 10.9 Å². The molecule has 0 aliphatic carbocycles. The number of carbonyl (C=O) groups excluding carboxylic acids is 1. The van der Waals surface area contributed by atoms with E-state index in [1.165, 1.54) is 0 Å². The summed E-state index contributed by atoms with van der Waals surface area (Å²) in [5.74, 6) is 0.586. The van der Waals surface area contributed by atoms with Gasteiger partial charge >= 0.3 is 7.82 Å². The lowest BCUT2D eigenvalue weighted by atomic mass is 9.96. The highest BCUT2D eigenvalue weighted by molar-refractivity contribution is 7.46. The van der Waals surface area contributed by atoms with Crippen LogP contribution in [0.5, 0.6) is 11.5 Å². The maximum absolute atomic E-state index is 13.2. The number of phosphoric acid groups is 1. The average molecular weight is 404 g/mol. The van der Waals surface area contributed by atoms with E-state index in [0.29, 0.717) is 33.6 Å². The molecule has 1 aromatic heterocycles. The Morgan fingerprint density at radius 2 is 1.75 bits per heavy atom. The van der Waals surface area contributed by atoms with Crippen LogP contribution >= 0.6 is 7.82 Å². The van der Waals surface area contributed by atoms with Gasteiger partial charge in [-0.05, 0) is 62.6 Å². The highest BCUT2D eigenvalue weighted by Crippen LogP contribution is 2.44. The van der Waals surface area contributed by atoms with Crippen molar-refractivity contribution in [3.63, 3.8) is 0 Å². The van der Waals surface area contributed by atoms with E-state index in [1.807, 2.05) is 13.8 Å². The van der Waals surface area contributed by atoms with Crippen molar-refractivity contribution < 1.29 is 32.8 Å².